The van der Waals surface area contributed by atoms with Gasteiger partial charge in [-0.3, -0.25) is 4.98 Å². The summed E-state index contributed by atoms with van der Waals surface area (Å²) in [4.78, 5) is 7.85. The number of tetrazole rings is 1. The van der Waals surface area contributed by atoms with Crippen molar-refractivity contribution in [2.75, 3.05) is 0 Å². The monoisotopic (exact) mass is 340 g/mol. The summed E-state index contributed by atoms with van der Waals surface area (Å²) in [6.07, 6.45) is 2.54. The molecule has 0 bridgehead atoms. The number of aromatic nitrogens is 6. The molecule has 6 nitrogen and oxygen atoms in total. The van der Waals surface area contributed by atoms with Crippen molar-refractivity contribution in [1.82, 2.24) is 30.6 Å². The average Bonchev–Trinajstić information content (AvgIpc) is 3.30. The molecular weight excluding hydrogens is 324 g/mol. The highest BCUT2D eigenvalue weighted by atomic mass is 15.5. The zero-order chi connectivity index (χ0) is 17.5. The van der Waals surface area contributed by atoms with Crippen molar-refractivity contribution in [3.63, 3.8) is 0 Å². The maximum absolute atomic E-state index is 4.38. The van der Waals surface area contributed by atoms with Gasteiger partial charge in [0, 0.05) is 28.9 Å². The molecule has 5 aromatic rings. The third-order valence-electron chi connectivity index (χ3n) is 4.75. The number of pyridine rings is 1. The Kier molecular flexibility index (Phi) is 3.28. The molecule has 2 N–H and O–H groups in total. The fourth-order valence-electron chi connectivity index (χ4n) is 3.39. The van der Waals surface area contributed by atoms with Gasteiger partial charge in [0.25, 0.3) is 0 Å². The summed E-state index contributed by atoms with van der Waals surface area (Å²) in [5.41, 5.74) is 6.79. The third kappa shape index (κ3) is 2.43. The van der Waals surface area contributed by atoms with Gasteiger partial charge in [-0.25, -0.2) is 0 Å². The molecule has 3 aromatic heterocycles. The molecule has 126 valence electrons. The molecule has 0 aliphatic rings. The first-order chi connectivity index (χ1) is 12.8. The summed E-state index contributed by atoms with van der Waals surface area (Å²) in [6.45, 7) is 2.03. The van der Waals surface area contributed by atoms with Gasteiger partial charge in [-0.05, 0) is 41.8 Å². The minimum atomic E-state index is 0.671. The quantitative estimate of drug-likeness (QED) is 0.523. The average molecular weight is 340 g/mol. The van der Waals surface area contributed by atoms with E-state index in [0.717, 1.165) is 22.3 Å². The van der Waals surface area contributed by atoms with Crippen LogP contribution in [0.2, 0.25) is 0 Å². The molecule has 3 heterocycles. The van der Waals surface area contributed by atoms with E-state index in [1.165, 1.54) is 21.9 Å². The van der Waals surface area contributed by atoms with Crippen LogP contribution in [0.25, 0.3) is 32.9 Å². The molecule has 0 saturated carbocycles. The molecule has 0 unspecified atom stereocenters. The number of nitrogens with zero attached hydrogens (tertiary/aromatic N) is 4. The van der Waals surface area contributed by atoms with Gasteiger partial charge in [-0.15, -0.1) is 10.2 Å². The largest absolute Gasteiger partial charge is 0.353 e. The first-order valence-corrected chi connectivity index (χ1v) is 8.46. The Balaban J connectivity index is 1.54. The highest BCUT2D eigenvalue weighted by molar-refractivity contribution is 6.09. The van der Waals surface area contributed by atoms with Crippen LogP contribution >= 0.6 is 0 Å². The van der Waals surface area contributed by atoms with Crippen LogP contribution in [-0.2, 0) is 6.42 Å². The van der Waals surface area contributed by atoms with Crippen molar-refractivity contribution in [1.29, 1.82) is 0 Å². The Bertz CT molecular complexity index is 1200. The van der Waals surface area contributed by atoms with E-state index in [1.54, 1.807) is 0 Å². The van der Waals surface area contributed by atoms with Gasteiger partial charge in [0.15, 0.2) is 5.82 Å². The van der Waals surface area contributed by atoms with Crippen LogP contribution in [-0.4, -0.2) is 30.6 Å². The maximum atomic E-state index is 4.38. The SMILES string of the molecule is Cc1nccc2c1[nH]c1ccc(-c3ccc(Cc4nn[nH]n4)cc3)cc12. The van der Waals surface area contributed by atoms with E-state index in [2.05, 4.69) is 79.1 Å². The molecule has 2 aromatic carbocycles. The molecule has 0 amide bonds. The number of fused-ring (bicyclic) bond motifs is 3. The van der Waals surface area contributed by atoms with Gasteiger partial charge in [-0.2, -0.15) is 5.21 Å². The van der Waals surface area contributed by atoms with Gasteiger partial charge in [0.05, 0.1) is 11.2 Å². The molecule has 5 rings (SSSR count). The van der Waals surface area contributed by atoms with Crippen molar-refractivity contribution in [2.45, 2.75) is 13.3 Å². The Morgan fingerprint density at radius 2 is 1.77 bits per heavy atom. The Morgan fingerprint density at radius 1 is 0.923 bits per heavy atom. The number of benzene rings is 2. The molecule has 0 aliphatic heterocycles. The highest BCUT2D eigenvalue weighted by Gasteiger charge is 2.08. The maximum Gasteiger partial charge on any atom is 0.178 e. The lowest BCUT2D eigenvalue weighted by Gasteiger charge is -2.04. The fraction of sp³-hybridized carbons (Fsp3) is 0.100. The van der Waals surface area contributed by atoms with E-state index < -0.39 is 0 Å². The van der Waals surface area contributed by atoms with E-state index in [4.69, 9.17) is 0 Å². The lowest BCUT2D eigenvalue weighted by atomic mass is 10.0. The smallest absolute Gasteiger partial charge is 0.178 e. The van der Waals surface area contributed by atoms with Crippen LogP contribution in [0.5, 0.6) is 0 Å². The second-order valence-corrected chi connectivity index (χ2v) is 6.41. The van der Waals surface area contributed by atoms with E-state index in [0.29, 0.717) is 12.2 Å². The third-order valence-corrected chi connectivity index (χ3v) is 4.75. The zero-order valence-electron chi connectivity index (χ0n) is 14.2. The van der Waals surface area contributed by atoms with Crippen LogP contribution in [0.3, 0.4) is 0 Å². The van der Waals surface area contributed by atoms with Crippen molar-refractivity contribution in [3.8, 4) is 11.1 Å². The van der Waals surface area contributed by atoms with Gasteiger partial charge in [-0.1, -0.05) is 35.5 Å². The standard InChI is InChI=1S/C20H16N6/c1-12-20-16(8-9-21-12)17-11-15(6-7-18(17)22-20)14-4-2-13(3-5-14)10-19-23-25-26-24-19/h2-9,11,22H,10H2,1H3,(H,23,24,25,26). The topological polar surface area (TPSA) is 83.1 Å². The van der Waals surface area contributed by atoms with Gasteiger partial charge in [0.2, 0.25) is 0 Å². The predicted octanol–water partition coefficient (Wildman–Crippen LogP) is 3.80. The normalized spacial score (nSPS) is 11.4. The number of hydrogen-bond donors (Lipinski definition) is 2. The number of rotatable bonds is 3. The molecular formula is C20H16N6. The highest BCUT2D eigenvalue weighted by Crippen LogP contribution is 2.30. The number of hydrogen-bond acceptors (Lipinski definition) is 4. The van der Waals surface area contributed by atoms with Crippen molar-refractivity contribution in [2.24, 2.45) is 0 Å². The van der Waals surface area contributed by atoms with Gasteiger partial charge >= 0.3 is 0 Å². The first-order valence-electron chi connectivity index (χ1n) is 8.46. The summed E-state index contributed by atoms with van der Waals surface area (Å²) in [7, 11) is 0. The zero-order valence-corrected chi connectivity index (χ0v) is 14.2. The van der Waals surface area contributed by atoms with Crippen LogP contribution in [0, 0.1) is 6.92 Å². The van der Waals surface area contributed by atoms with Crippen LogP contribution in [0.4, 0.5) is 0 Å². The number of aryl methyl sites for hydroxylation is 1. The number of H-pyrrole nitrogens is 2. The number of aromatic amines is 2. The van der Waals surface area contributed by atoms with E-state index in [-0.39, 0.29) is 0 Å². The van der Waals surface area contributed by atoms with Crippen molar-refractivity contribution in [3.05, 3.63) is 71.8 Å². The molecule has 0 radical (unpaired) electrons. The van der Waals surface area contributed by atoms with Crippen LogP contribution in [0.15, 0.2) is 54.7 Å². The molecule has 26 heavy (non-hydrogen) atoms. The van der Waals surface area contributed by atoms with Gasteiger partial charge in [0.1, 0.15) is 0 Å². The molecule has 0 saturated heterocycles. The molecule has 6 heteroatoms. The Morgan fingerprint density at radius 3 is 2.58 bits per heavy atom. The Labute approximate surface area is 149 Å². The van der Waals surface area contributed by atoms with Crippen LogP contribution < -0.4 is 0 Å². The molecule has 0 atom stereocenters. The molecule has 0 fully saturated rings. The minimum absolute atomic E-state index is 0.671. The molecule has 0 aliphatic carbocycles. The molecule has 0 spiro atoms. The lowest BCUT2D eigenvalue weighted by molar-refractivity contribution is 0.881. The minimum Gasteiger partial charge on any atom is -0.353 e. The summed E-state index contributed by atoms with van der Waals surface area (Å²) < 4.78 is 0. The van der Waals surface area contributed by atoms with Crippen molar-refractivity contribution >= 4 is 21.8 Å². The summed E-state index contributed by atoms with van der Waals surface area (Å²) >= 11 is 0. The van der Waals surface area contributed by atoms with Crippen molar-refractivity contribution < 1.29 is 0 Å². The predicted molar refractivity (Wildman–Crippen MR) is 101 cm³/mol. The Hall–Kier alpha value is -3.54. The van der Waals surface area contributed by atoms with E-state index in [1.807, 2.05) is 13.1 Å². The number of nitrogens with one attached hydrogen (secondary N) is 2. The second-order valence-electron chi connectivity index (χ2n) is 6.41. The van der Waals surface area contributed by atoms with Gasteiger partial charge < -0.3 is 4.98 Å². The van der Waals surface area contributed by atoms with E-state index >= 15 is 0 Å². The van der Waals surface area contributed by atoms with E-state index in [9.17, 15) is 0 Å². The fourth-order valence-corrected chi connectivity index (χ4v) is 3.39. The summed E-state index contributed by atoms with van der Waals surface area (Å²) in [6, 6.07) is 17.1. The second kappa shape index (κ2) is 5.77. The first kappa shape index (κ1) is 14.8. The summed E-state index contributed by atoms with van der Waals surface area (Å²) in [5.74, 6) is 0.696. The summed E-state index contributed by atoms with van der Waals surface area (Å²) in [5, 5.41) is 16.5. The lowest BCUT2D eigenvalue weighted by Crippen LogP contribution is -1.91. The van der Waals surface area contributed by atoms with Crippen LogP contribution in [0.1, 0.15) is 17.1 Å².